The number of alkyl halides is 3. The van der Waals surface area contributed by atoms with Crippen LogP contribution in [0.4, 0.5) is 18.9 Å². The summed E-state index contributed by atoms with van der Waals surface area (Å²) in [5.41, 5.74) is 0.679. The maximum atomic E-state index is 12.1. The van der Waals surface area contributed by atoms with Crippen LogP contribution in [-0.2, 0) is 4.79 Å². The third kappa shape index (κ3) is 5.13. The number of carboxylic acids is 1. The Bertz CT molecular complexity index is 511. The van der Waals surface area contributed by atoms with E-state index in [4.69, 9.17) is 9.84 Å². The molecule has 0 atom stereocenters. The summed E-state index contributed by atoms with van der Waals surface area (Å²) in [5.74, 6) is -0.901. The Kier molecular flexibility index (Phi) is 5.15. The van der Waals surface area contributed by atoms with Gasteiger partial charge in [-0.2, -0.15) is 13.2 Å². The van der Waals surface area contributed by atoms with E-state index in [0.717, 1.165) is 12.8 Å². The lowest BCUT2D eigenvalue weighted by Crippen LogP contribution is -2.29. The lowest BCUT2D eigenvalue weighted by Gasteiger charge is -2.27. The van der Waals surface area contributed by atoms with E-state index < -0.39 is 18.8 Å². The topological polar surface area (TPSA) is 58.6 Å². The van der Waals surface area contributed by atoms with Gasteiger partial charge in [0.1, 0.15) is 5.75 Å². The first-order chi connectivity index (χ1) is 10.3. The summed E-state index contributed by atoms with van der Waals surface area (Å²) < 4.78 is 41.1. The van der Waals surface area contributed by atoms with Gasteiger partial charge >= 0.3 is 12.1 Å². The Balaban J connectivity index is 1.87. The molecule has 1 saturated carbocycles. The van der Waals surface area contributed by atoms with E-state index in [0.29, 0.717) is 18.5 Å². The number of ether oxygens (including phenoxy) is 1. The van der Waals surface area contributed by atoms with E-state index in [1.165, 1.54) is 12.1 Å². The maximum absolute atomic E-state index is 12.1. The van der Waals surface area contributed by atoms with Crippen molar-refractivity contribution < 1.29 is 27.8 Å². The van der Waals surface area contributed by atoms with Crippen molar-refractivity contribution in [3.63, 3.8) is 0 Å². The number of nitrogens with one attached hydrogen (secondary N) is 1. The number of carboxylic acid groups (broad SMARTS) is 1. The smallest absolute Gasteiger partial charge is 0.422 e. The van der Waals surface area contributed by atoms with Crippen LogP contribution in [0, 0.1) is 5.92 Å². The van der Waals surface area contributed by atoms with E-state index in [2.05, 4.69) is 5.32 Å². The summed E-state index contributed by atoms with van der Waals surface area (Å²) in [5, 5.41) is 12.2. The molecule has 0 heterocycles. The first kappa shape index (κ1) is 16.5. The highest BCUT2D eigenvalue weighted by atomic mass is 19.4. The van der Waals surface area contributed by atoms with Crippen LogP contribution in [0.1, 0.15) is 25.7 Å². The molecule has 0 aromatic heterocycles. The average molecular weight is 317 g/mol. The van der Waals surface area contributed by atoms with Gasteiger partial charge in [0.25, 0.3) is 0 Å². The van der Waals surface area contributed by atoms with Gasteiger partial charge in [0, 0.05) is 17.8 Å². The van der Waals surface area contributed by atoms with E-state index in [9.17, 15) is 18.0 Å². The molecular weight excluding hydrogens is 299 g/mol. The van der Waals surface area contributed by atoms with Crippen LogP contribution in [0.15, 0.2) is 24.3 Å². The highest BCUT2D eigenvalue weighted by Gasteiger charge is 2.28. The minimum atomic E-state index is -4.36. The molecule has 22 heavy (non-hydrogen) atoms. The van der Waals surface area contributed by atoms with Crippen LogP contribution in [0.3, 0.4) is 0 Å². The second-order valence-corrected chi connectivity index (χ2v) is 5.46. The molecule has 1 fully saturated rings. The predicted molar refractivity (Wildman–Crippen MR) is 75.0 cm³/mol. The minimum Gasteiger partial charge on any atom is -0.484 e. The monoisotopic (exact) mass is 317 g/mol. The largest absolute Gasteiger partial charge is 0.484 e. The molecule has 1 aliphatic carbocycles. The molecule has 1 aromatic rings. The zero-order valence-corrected chi connectivity index (χ0v) is 11.9. The molecule has 0 saturated heterocycles. The lowest BCUT2D eigenvalue weighted by atomic mass is 9.86. The Morgan fingerprint density at radius 3 is 2.55 bits per heavy atom. The Morgan fingerprint density at radius 1 is 1.27 bits per heavy atom. The predicted octanol–water partition coefficient (Wildman–Crippen LogP) is 3.68. The Morgan fingerprint density at radius 2 is 1.95 bits per heavy atom. The number of aliphatic carboxylic acids is 1. The fourth-order valence-corrected chi connectivity index (χ4v) is 2.56. The third-order valence-electron chi connectivity index (χ3n) is 3.68. The molecule has 0 radical (unpaired) electrons. The van der Waals surface area contributed by atoms with Gasteiger partial charge < -0.3 is 15.2 Å². The van der Waals surface area contributed by atoms with E-state index in [-0.39, 0.29) is 17.7 Å². The number of benzene rings is 1. The number of hydrogen-bond acceptors (Lipinski definition) is 3. The number of carbonyl (C=O) groups is 1. The maximum Gasteiger partial charge on any atom is 0.422 e. The number of halogens is 3. The van der Waals surface area contributed by atoms with Gasteiger partial charge in [0.05, 0.1) is 5.92 Å². The molecule has 2 rings (SSSR count). The molecular formula is C15H18F3NO3. The molecule has 2 N–H and O–H groups in total. The SMILES string of the molecule is O=C(O)C1CCC(Nc2cccc(OCC(F)(F)F)c2)CC1. The molecule has 122 valence electrons. The fourth-order valence-electron chi connectivity index (χ4n) is 2.56. The summed E-state index contributed by atoms with van der Waals surface area (Å²) >= 11 is 0. The second kappa shape index (κ2) is 6.89. The van der Waals surface area contributed by atoms with Crippen molar-refractivity contribution in [2.75, 3.05) is 11.9 Å². The summed E-state index contributed by atoms with van der Waals surface area (Å²) in [6.45, 7) is -1.32. The summed E-state index contributed by atoms with van der Waals surface area (Å²) in [6, 6.07) is 6.50. The number of rotatable bonds is 5. The first-order valence-electron chi connectivity index (χ1n) is 7.12. The lowest BCUT2D eigenvalue weighted by molar-refractivity contribution is -0.153. The van der Waals surface area contributed by atoms with Crippen LogP contribution in [0.2, 0.25) is 0 Å². The molecule has 0 spiro atoms. The van der Waals surface area contributed by atoms with Gasteiger partial charge in [-0.3, -0.25) is 4.79 Å². The molecule has 0 amide bonds. The minimum absolute atomic E-state index is 0.133. The van der Waals surface area contributed by atoms with E-state index in [1.54, 1.807) is 12.1 Å². The van der Waals surface area contributed by atoms with E-state index in [1.807, 2.05) is 0 Å². The average Bonchev–Trinajstić information content (AvgIpc) is 2.45. The quantitative estimate of drug-likeness (QED) is 0.870. The number of hydrogen-bond donors (Lipinski definition) is 2. The zero-order valence-electron chi connectivity index (χ0n) is 11.9. The van der Waals surface area contributed by atoms with Crippen molar-refractivity contribution >= 4 is 11.7 Å². The van der Waals surface area contributed by atoms with Crippen molar-refractivity contribution in [3.05, 3.63) is 24.3 Å². The molecule has 0 aliphatic heterocycles. The molecule has 0 unspecified atom stereocenters. The normalized spacial score (nSPS) is 22.1. The van der Waals surface area contributed by atoms with Gasteiger partial charge in [0.2, 0.25) is 0 Å². The highest BCUT2D eigenvalue weighted by Crippen LogP contribution is 2.28. The first-order valence-corrected chi connectivity index (χ1v) is 7.12. The molecule has 7 heteroatoms. The number of anilines is 1. The van der Waals surface area contributed by atoms with Crippen LogP contribution >= 0.6 is 0 Å². The Labute approximate surface area is 126 Å². The van der Waals surface area contributed by atoms with Crippen molar-refractivity contribution in [1.29, 1.82) is 0 Å². The van der Waals surface area contributed by atoms with Crippen LogP contribution < -0.4 is 10.1 Å². The summed E-state index contributed by atoms with van der Waals surface area (Å²) in [7, 11) is 0. The van der Waals surface area contributed by atoms with Crippen molar-refractivity contribution in [2.45, 2.75) is 37.9 Å². The fraction of sp³-hybridized carbons (Fsp3) is 0.533. The zero-order chi connectivity index (χ0) is 16.2. The standard InChI is InChI=1S/C15H18F3NO3/c16-15(17,18)9-22-13-3-1-2-12(8-13)19-11-6-4-10(5-7-11)14(20)21/h1-3,8,10-11,19H,4-7,9H2,(H,20,21). The van der Waals surface area contributed by atoms with Crippen LogP contribution in [-0.4, -0.2) is 29.9 Å². The van der Waals surface area contributed by atoms with Crippen molar-refractivity contribution in [3.8, 4) is 5.75 Å². The van der Waals surface area contributed by atoms with Gasteiger partial charge in [-0.1, -0.05) is 6.07 Å². The highest BCUT2D eigenvalue weighted by molar-refractivity contribution is 5.70. The molecule has 4 nitrogen and oxygen atoms in total. The van der Waals surface area contributed by atoms with E-state index >= 15 is 0 Å². The summed E-state index contributed by atoms with van der Waals surface area (Å²) in [4.78, 5) is 10.9. The molecule has 1 aromatic carbocycles. The van der Waals surface area contributed by atoms with Gasteiger partial charge in [-0.25, -0.2) is 0 Å². The van der Waals surface area contributed by atoms with Gasteiger partial charge in [0.15, 0.2) is 6.61 Å². The Hall–Kier alpha value is -1.92. The molecule has 0 bridgehead atoms. The van der Waals surface area contributed by atoms with Gasteiger partial charge in [-0.15, -0.1) is 0 Å². The van der Waals surface area contributed by atoms with Crippen molar-refractivity contribution in [1.82, 2.24) is 0 Å². The van der Waals surface area contributed by atoms with Crippen LogP contribution in [0.25, 0.3) is 0 Å². The van der Waals surface area contributed by atoms with Gasteiger partial charge in [-0.05, 0) is 37.8 Å². The summed E-state index contributed by atoms with van der Waals surface area (Å²) in [6.07, 6.45) is -1.69. The third-order valence-corrected chi connectivity index (χ3v) is 3.68. The second-order valence-electron chi connectivity index (χ2n) is 5.46. The van der Waals surface area contributed by atoms with Crippen LogP contribution in [0.5, 0.6) is 5.75 Å². The van der Waals surface area contributed by atoms with Crippen molar-refractivity contribution in [2.24, 2.45) is 5.92 Å². The molecule has 1 aliphatic rings.